The molecule has 2 fully saturated rings. The smallest absolute Gasteiger partial charge is 0.226 e. The van der Waals surface area contributed by atoms with Crippen molar-refractivity contribution in [2.24, 2.45) is 11.8 Å². The van der Waals surface area contributed by atoms with Crippen LogP contribution in [0.15, 0.2) is 36.4 Å². The van der Waals surface area contributed by atoms with Gasteiger partial charge in [-0.2, -0.15) is 0 Å². The van der Waals surface area contributed by atoms with Gasteiger partial charge in [0.25, 0.3) is 0 Å². The van der Waals surface area contributed by atoms with Crippen molar-refractivity contribution in [2.75, 3.05) is 45.8 Å². The van der Waals surface area contributed by atoms with Gasteiger partial charge in [-0.1, -0.05) is 42.5 Å². The fraction of sp³-hybridized carbons (Fsp3) is 0.545. The van der Waals surface area contributed by atoms with E-state index in [1.54, 1.807) is 0 Å². The highest BCUT2D eigenvalue weighted by Crippen LogP contribution is 2.41. The Kier molecular flexibility index (Phi) is 6.67. The first-order chi connectivity index (χ1) is 13.1. The number of carbonyl (C=O) groups excluding carboxylic acids is 2. The standard InChI is InChI=1S/C22H31N3O2/c1-3-24(4-2)21(26)19-17-20(19)22(27)25-15-13-23(14-16-25)12-8-11-18-9-6-5-7-10-18/h5-11,19-20H,3-4,12-17H2,1-2H3/b11-8+. The van der Waals surface area contributed by atoms with Crippen LogP contribution in [0.2, 0.25) is 0 Å². The molecule has 146 valence electrons. The molecule has 0 bridgehead atoms. The molecule has 0 spiro atoms. The molecular weight excluding hydrogens is 338 g/mol. The van der Waals surface area contributed by atoms with Crippen LogP contribution in [0.1, 0.15) is 25.8 Å². The summed E-state index contributed by atoms with van der Waals surface area (Å²) in [6, 6.07) is 10.3. The minimum Gasteiger partial charge on any atom is -0.343 e. The minimum absolute atomic E-state index is 0.0794. The minimum atomic E-state index is -0.0809. The summed E-state index contributed by atoms with van der Waals surface area (Å²) in [5.41, 5.74) is 1.21. The molecule has 5 nitrogen and oxygen atoms in total. The van der Waals surface area contributed by atoms with Crippen LogP contribution in [0.4, 0.5) is 0 Å². The summed E-state index contributed by atoms with van der Waals surface area (Å²) < 4.78 is 0. The zero-order valence-corrected chi connectivity index (χ0v) is 16.5. The Morgan fingerprint density at radius 3 is 2.33 bits per heavy atom. The zero-order valence-electron chi connectivity index (χ0n) is 16.5. The Bertz CT molecular complexity index is 661. The highest BCUT2D eigenvalue weighted by atomic mass is 16.2. The highest BCUT2D eigenvalue weighted by Gasteiger charge is 2.50. The van der Waals surface area contributed by atoms with Gasteiger partial charge in [-0.15, -0.1) is 0 Å². The van der Waals surface area contributed by atoms with Crippen molar-refractivity contribution in [1.82, 2.24) is 14.7 Å². The van der Waals surface area contributed by atoms with Crippen molar-refractivity contribution in [1.29, 1.82) is 0 Å². The molecule has 1 saturated carbocycles. The van der Waals surface area contributed by atoms with E-state index < -0.39 is 0 Å². The molecule has 2 aliphatic rings. The predicted octanol–water partition coefficient (Wildman–Crippen LogP) is 2.35. The van der Waals surface area contributed by atoms with E-state index in [0.717, 1.165) is 52.2 Å². The molecule has 27 heavy (non-hydrogen) atoms. The van der Waals surface area contributed by atoms with Crippen LogP contribution >= 0.6 is 0 Å². The Morgan fingerprint density at radius 2 is 1.70 bits per heavy atom. The van der Waals surface area contributed by atoms with Crippen molar-refractivity contribution in [3.8, 4) is 0 Å². The van der Waals surface area contributed by atoms with E-state index in [-0.39, 0.29) is 23.7 Å². The lowest BCUT2D eigenvalue weighted by atomic mass is 10.2. The maximum Gasteiger partial charge on any atom is 0.226 e. The fourth-order valence-electron chi connectivity index (χ4n) is 3.80. The topological polar surface area (TPSA) is 43.9 Å². The molecule has 1 heterocycles. The molecular formula is C22H31N3O2. The molecule has 2 amide bonds. The molecule has 1 aromatic rings. The first kappa shape index (κ1) is 19.6. The zero-order chi connectivity index (χ0) is 19.2. The van der Waals surface area contributed by atoms with E-state index in [1.165, 1.54) is 5.56 Å². The van der Waals surface area contributed by atoms with E-state index in [1.807, 2.05) is 41.8 Å². The van der Waals surface area contributed by atoms with Crippen molar-refractivity contribution >= 4 is 17.9 Å². The Labute approximate surface area is 162 Å². The van der Waals surface area contributed by atoms with Crippen molar-refractivity contribution in [3.05, 3.63) is 42.0 Å². The van der Waals surface area contributed by atoms with Gasteiger partial charge in [0.2, 0.25) is 11.8 Å². The molecule has 1 aromatic carbocycles. The first-order valence-corrected chi connectivity index (χ1v) is 10.2. The SMILES string of the molecule is CCN(CC)C(=O)C1CC1C(=O)N1CCN(C/C=C/c2ccccc2)CC1. The monoisotopic (exact) mass is 369 g/mol. The van der Waals surface area contributed by atoms with E-state index in [2.05, 4.69) is 29.2 Å². The Balaban J connectivity index is 1.41. The van der Waals surface area contributed by atoms with Gasteiger partial charge in [0.1, 0.15) is 0 Å². The lowest BCUT2D eigenvalue weighted by Crippen LogP contribution is -2.49. The highest BCUT2D eigenvalue weighted by molar-refractivity contribution is 5.92. The molecule has 1 saturated heterocycles. The van der Waals surface area contributed by atoms with E-state index in [4.69, 9.17) is 0 Å². The second-order valence-corrected chi connectivity index (χ2v) is 7.40. The van der Waals surface area contributed by atoms with Gasteiger partial charge in [0, 0.05) is 45.8 Å². The van der Waals surface area contributed by atoms with Crippen molar-refractivity contribution in [2.45, 2.75) is 20.3 Å². The average Bonchev–Trinajstić information content (AvgIpc) is 3.50. The molecule has 2 unspecified atom stereocenters. The quantitative estimate of drug-likeness (QED) is 0.741. The van der Waals surface area contributed by atoms with Crippen LogP contribution in [-0.4, -0.2) is 72.3 Å². The molecule has 1 aliphatic heterocycles. The number of benzene rings is 1. The summed E-state index contributed by atoms with van der Waals surface area (Å²) in [6.45, 7) is 9.66. The normalized spacial score (nSPS) is 22.8. The van der Waals surface area contributed by atoms with Crippen LogP contribution in [0.25, 0.3) is 6.08 Å². The first-order valence-electron chi connectivity index (χ1n) is 10.2. The molecule has 5 heteroatoms. The molecule has 1 aliphatic carbocycles. The largest absolute Gasteiger partial charge is 0.343 e. The summed E-state index contributed by atoms with van der Waals surface area (Å²) in [5, 5.41) is 0. The molecule has 3 rings (SSSR count). The van der Waals surface area contributed by atoms with Gasteiger partial charge in [-0.05, 0) is 25.8 Å². The van der Waals surface area contributed by atoms with Gasteiger partial charge in [0.05, 0.1) is 11.8 Å². The average molecular weight is 370 g/mol. The number of hydrogen-bond acceptors (Lipinski definition) is 3. The van der Waals surface area contributed by atoms with Gasteiger partial charge >= 0.3 is 0 Å². The number of rotatable bonds is 7. The number of piperazine rings is 1. The third-order valence-corrected chi connectivity index (χ3v) is 5.66. The van der Waals surface area contributed by atoms with E-state index >= 15 is 0 Å². The lowest BCUT2D eigenvalue weighted by Gasteiger charge is -2.34. The summed E-state index contributed by atoms with van der Waals surface area (Å²) in [6.07, 6.45) is 5.06. The summed E-state index contributed by atoms with van der Waals surface area (Å²) in [5.74, 6) is 0.176. The summed E-state index contributed by atoms with van der Waals surface area (Å²) in [4.78, 5) is 31.3. The lowest BCUT2D eigenvalue weighted by molar-refractivity contribution is -0.138. The van der Waals surface area contributed by atoms with Gasteiger partial charge in [0.15, 0.2) is 0 Å². The molecule has 2 atom stereocenters. The molecule has 0 aromatic heterocycles. The number of nitrogens with zero attached hydrogens (tertiary/aromatic N) is 3. The maximum absolute atomic E-state index is 12.7. The number of amides is 2. The van der Waals surface area contributed by atoms with E-state index in [9.17, 15) is 9.59 Å². The second kappa shape index (κ2) is 9.18. The maximum atomic E-state index is 12.7. The van der Waals surface area contributed by atoms with Gasteiger partial charge < -0.3 is 9.80 Å². The van der Waals surface area contributed by atoms with Crippen LogP contribution in [0.3, 0.4) is 0 Å². The fourth-order valence-corrected chi connectivity index (χ4v) is 3.80. The second-order valence-electron chi connectivity index (χ2n) is 7.40. The third-order valence-electron chi connectivity index (χ3n) is 5.66. The molecule has 0 N–H and O–H groups in total. The van der Waals surface area contributed by atoms with Crippen LogP contribution in [0.5, 0.6) is 0 Å². The number of carbonyl (C=O) groups is 2. The van der Waals surface area contributed by atoms with Crippen LogP contribution < -0.4 is 0 Å². The molecule has 0 radical (unpaired) electrons. The van der Waals surface area contributed by atoms with E-state index in [0.29, 0.717) is 0 Å². The van der Waals surface area contributed by atoms with Crippen LogP contribution in [0, 0.1) is 11.8 Å². The third kappa shape index (κ3) is 4.98. The van der Waals surface area contributed by atoms with Gasteiger partial charge in [-0.3, -0.25) is 14.5 Å². The predicted molar refractivity (Wildman–Crippen MR) is 108 cm³/mol. The summed E-state index contributed by atoms with van der Waals surface area (Å²) in [7, 11) is 0. The van der Waals surface area contributed by atoms with Crippen LogP contribution in [-0.2, 0) is 9.59 Å². The Hall–Kier alpha value is -2.14. The number of hydrogen-bond donors (Lipinski definition) is 0. The van der Waals surface area contributed by atoms with Gasteiger partial charge in [-0.25, -0.2) is 0 Å². The Morgan fingerprint density at radius 1 is 1.04 bits per heavy atom. The summed E-state index contributed by atoms with van der Waals surface area (Å²) >= 11 is 0. The van der Waals surface area contributed by atoms with Crippen molar-refractivity contribution < 1.29 is 9.59 Å². The van der Waals surface area contributed by atoms with Crippen molar-refractivity contribution in [3.63, 3.8) is 0 Å².